The predicted molar refractivity (Wildman–Crippen MR) is 149 cm³/mol. The summed E-state index contributed by atoms with van der Waals surface area (Å²) in [5.41, 5.74) is 12.8. The molecule has 208 valence electrons. The molecule has 1 saturated heterocycles. The first-order chi connectivity index (χ1) is 18.6. The number of primary amides is 2. The van der Waals surface area contributed by atoms with Gasteiger partial charge in [0.2, 0.25) is 0 Å². The lowest BCUT2D eigenvalue weighted by Gasteiger charge is -2.58. The van der Waals surface area contributed by atoms with Crippen LogP contribution in [0.1, 0.15) is 61.0 Å². The van der Waals surface area contributed by atoms with Crippen molar-refractivity contribution in [1.29, 1.82) is 0 Å². The summed E-state index contributed by atoms with van der Waals surface area (Å²) >= 11 is 6.39. The van der Waals surface area contributed by atoms with E-state index in [-0.39, 0.29) is 18.6 Å². The molecule has 7 rings (SSSR count). The normalized spacial score (nSPS) is 31.4. The summed E-state index contributed by atoms with van der Waals surface area (Å²) in [5.74, 6) is 1.73. The second kappa shape index (κ2) is 9.86. The van der Waals surface area contributed by atoms with E-state index in [4.69, 9.17) is 32.8 Å². The van der Waals surface area contributed by atoms with Crippen molar-refractivity contribution in [3.8, 4) is 5.75 Å². The summed E-state index contributed by atoms with van der Waals surface area (Å²) in [7, 11) is 0. The first-order valence-corrected chi connectivity index (χ1v) is 14.2. The summed E-state index contributed by atoms with van der Waals surface area (Å²) in [4.78, 5) is 33.0. The van der Waals surface area contributed by atoms with Crippen LogP contribution >= 0.6 is 11.6 Å². The van der Waals surface area contributed by atoms with Gasteiger partial charge in [0.25, 0.3) is 11.8 Å². The third-order valence-electron chi connectivity index (χ3n) is 9.32. The molecule has 4 saturated carbocycles. The monoisotopic (exact) mass is 553 g/mol. The molecule has 5 fully saturated rings. The van der Waals surface area contributed by atoms with E-state index in [9.17, 15) is 14.7 Å². The first kappa shape index (κ1) is 26.2. The van der Waals surface area contributed by atoms with Crippen molar-refractivity contribution < 1.29 is 19.4 Å². The van der Waals surface area contributed by atoms with Crippen LogP contribution in [-0.2, 0) is 4.79 Å². The predicted octanol–water partition coefficient (Wildman–Crippen LogP) is 3.07. The number of carbonyl (C=O) groups is 2. The zero-order chi connectivity index (χ0) is 27.5. The van der Waals surface area contributed by atoms with Crippen LogP contribution in [0.3, 0.4) is 0 Å². The number of nitrogens with zero attached hydrogens (tertiary/aromatic N) is 3. The van der Waals surface area contributed by atoms with Crippen molar-refractivity contribution in [2.45, 2.75) is 56.6 Å². The van der Waals surface area contributed by atoms with E-state index in [0.717, 1.165) is 62.3 Å². The number of amides is 2. The minimum atomic E-state index is -0.558. The van der Waals surface area contributed by atoms with Crippen LogP contribution in [0.15, 0.2) is 30.3 Å². The summed E-state index contributed by atoms with van der Waals surface area (Å²) in [6, 6.07) is 9.74. The Kier molecular flexibility index (Phi) is 6.62. The third kappa shape index (κ3) is 4.91. The van der Waals surface area contributed by atoms with Gasteiger partial charge >= 0.3 is 0 Å². The van der Waals surface area contributed by atoms with Crippen LogP contribution in [0.25, 0.3) is 0 Å². The Balaban J connectivity index is 1.18. The number of ether oxygens (including phenoxy) is 1. The van der Waals surface area contributed by atoms with E-state index in [2.05, 4.69) is 22.8 Å². The number of halogens is 1. The Labute approximate surface area is 233 Å². The summed E-state index contributed by atoms with van der Waals surface area (Å²) in [6.45, 7) is 4.10. The van der Waals surface area contributed by atoms with E-state index in [1.807, 2.05) is 18.2 Å². The van der Waals surface area contributed by atoms with E-state index in [1.54, 1.807) is 6.07 Å². The van der Waals surface area contributed by atoms with Gasteiger partial charge in [-0.2, -0.15) is 0 Å². The summed E-state index contributed by atoms with van der Waals surface area (Å²) in [5, 5.41) is 11.4. The number of benzene rings is 1. The Bertz CT molecular complexity index is 1290. The van der Waals surface area contributed by atoms with Gasteiger partial charge in [0, 0.05) is 31.4 Å². The molecular formula is C29H36ClN5O4. The highest BCUT2D eigenvalue weighted by molar-refractivity contribution is 6.32. The second-order valence-electron chi connectivity index (χ2n) is 12.0. The Morgan fingerprint density at radius 3 is 2.49 bits per heavy atom. The number of piperazine rings is 1. The largest absolute Gasteiger partial charge is 0.482 e. The standard InChI is InChI=1S/C29H36ClN5O4/c1-16-14-34(20-2-4-23(22(30)10-20)39-15-24(31)36)6-7-35(16)25-5-3-21(27(33-25)28(32)37)26-18-8-17-9-19(26)13-29(38,11-17)12-18/h2-5,10,16-19,26,38H,6-9,11-15H2,1H3,(H2,31,36)(H2,32,37)/t16-,17?,18?,19?,26?,29?/m1/s1. The number of hydrogen-bond donors (Lipinski definition) is 3. The fourth-order valence-corrected chi connectivity index (χ4v) is 8.29. The Hall–Kier alpha value is -3.04. The van der Waals surface area contributed by atoms with Gasteiger partial charge < -0.3 is 31.1 Å². The first-order valence-electron chi connectivity index (χ1n) is 13.9. The van der Waals surface area contributed by atoms with Crippen molar-refractivity contribution in [2.75, 3.05) is 36.0 Å². The maximum absolute atomic E-state index is 12.7. The van der Waals surface area contributed by atoms with Crippen LogP contribution in [0, 0.1) is 17.8 Å². The molecule has 4 aliphatic carbocycles. The molecular weight excluding hydrogens is 518 g/mol. The highest BCUT2D eigenvalue weighted by atomic mass is 35.5. The highest BCUT2D eigenvalue weighted by Gasteiger charge is 2.55. The molecule has 0 radical (unpaired) electrons. The summed E-state index contributed by atoms with van der Waals surface area (Å²) < 4.78 is 5.37. The topological polar surface area (TPSA) is 135 Å². The molecule has 1 aliphatic heterocycles. The van der Waals surface area contributed by atoms with Crippen molar-refractivity contribution in [2.24, 2.45) is 29.2 Å². The van der Waals surface area contributed by atoms with Crippen LogP contribution < -0.4 is 26.0 Å². The fraction of sp³-hybridized carbons (Fsp3) is 0.552. The molecule has 4 bridgehead atoms. The SMILES string of the molecule is C[C@@H]1CN(c2ccc(OCC(N)=O)c(Cl)c2)CCN1c1ccc(C2C3CC4CC2CC(O)(C4)C3)c(C(N)=O)n1. The van der Waals surface area contributed by atoms with E-state index in [0.29, 0.717) is 40.8 Å². The number of nitrogens with two attached hydrogens (primary N) is 2. The maximum Gasteiger partial charge on any atom is 0.267 e. The minimum Gasteiger partial charge on any atom is -0.482 e. The van der Waals surface area contributed by atoms with Crippen molar-refractivity contribution in [3.05, 3.63) is 46.6 Å². The number of aliphatic hydroxyl groups is 1. The molecule has 39 heavy (non-hydrogen) atoms. The average Bonchev–Trinajstić information content (AvgIpc) is 2.86. The van der Waals surface area contributed by atoms with Crippen LogP contribution in [0.2, 0.25) is 5.02 Å². The second-order valence-corrected chi connectivity index (χ2v) is 12.5. The number of anilines is 2. The average molecular weight is 554 g/mol. The molecule has 2 aromatic rings. The van der Waals surface area contributed by atoms with E-state index in [1.165, 1.54) is 0 Å². The zero-order valence-corrected chi connectivity index (χ0v) is 22.9. The van der Waals surface area contributed by atoms with Gasteiger partial charge in [0.05, 0.1) is 10.6 Å². The fourth-order valence-electron chi connectivity index (χ4n) is 8.06. The molecule has 1 aromatic heterocycles. The molecule has 0 spiro atoms. The smallest absolute Gasteiger partial charge is 0.267 e. The van der Waals surface area contributed by atoms with E-state index < -0.39 is 17.4 Å². The van der Waals surface area contributed by atoms with Gasteiger partial charge in [-0.25, -0.2) is 4.98 Å². The molecule has 3 atom stereocenters. The number of carbonyl (C=O) groups excluding carboxylic acids is 2. The van der Waals surface area contributed by atoms with Crippen LogP contribution in [0.4, 0.5) is 11.5 Å². The zero-order valence-electron chi connectivity index (χ0n) is 22.2. The van der Waals surface area contributed by atoms with Gasteiger partial charge in [-0.15, -0.1) is 0 Å². The van der Waals surface area contributed by atoms with Gasteiger partial charge in [0.1, 0.15) is 17.3 Å². The lowest BCUT2D eigenvalue weighted by Crippen LogP contribution is -2.54. The molecule has 5 N–H and O–H groups in total. The lowest BCUT2D eigenvalue weighted by atomic mass is 9.49. The van der Waals surface area contributed by atoms with Gasteiger partial charge in [0.15, 0.2) is 6.61 Å². The molecule has 5 aliphatic rings. The highest BCUT2D eigenvalue weighted by Crippen LogP contribution is 2.61. The van der Waals surface area contributed by atoms with Crippen LogP contribution in [0.5, 0.6) is 5.75 Å². The summed E-state index contributed by atoms with van der Waals surface area (Å²) in [6.07, 6.45) is 4.78. The number of hydrogen-bond acceptors (Lipinski definition) is 7. The number of aromatic nitrogens is 1. The van der Waals surface area contributed by atoms with Crippen LogP contribution in [-0.4, -0.2) is 59.8 Å². The van der Waals surface area contributed by atoms with Crippen molar-refractivity contribution in [1.82, 2.24) is 4.98 Å². The Morgan fingerprint density at radius 2 is 1.87 bits per heavy atom. The Morgan fingerprint density at radius 1 is 1.13 bits per heavy atom. The molecule has 2 heterocycles. The van der Waals surface area contributed by atoms with Gasteiger partial charge in [-0.05, 0) is 92.5 Å². The third-order valence-corrected chi connectivity index (χ3v) is 9.61. The van der Waals surface area contributed by atoms with E-state index >= 15 is 0 Å². The maximum atomic E-state index is 12.7. The molecule has 1 aromatic carbocycles. The molecule has 10 heteroatoms. The lowest BCUT2D eigenvalue weighted by molar-refractivity contribution is -0.134. The molecule has 2 amide bonds. The van der Waals surface area contributed by atoms with Crippen molar-refractivity contribution >= 4 is 34.9 Å². The minimum absolute atomic E-state index is 0.123. The molecule has 2 unspecified atom stereocenters. The van der Waals surface area contributed by atoms with Gasteiger partial charge in [-0.3, -0.25) is 9.59 Å². The quantitative estimate of drug-likeness (QED) is 0.479. The number of pyridine rings is 1. The molecule has 9 nitrogen and oxygen atoms in total. The van der Waals surface area contributed by atoms with Crippen molar-refractivity contribution in [3.63, 3.8) is 0 Å². The van der Waals surface area contributed by atoms with Gasteiger partial charge in [-0.1, -0.05) is 17.7 Å². The number of rotatable bonds is 7.